The molecule has 0 spiro atoms. The topological polar surface area (TPSA) is 65.3 Å². The van der Waals surface area contributed by atoms with Gasteiger partial charge in [0.1, 0.15) is 24.2 Å². The summed E-state index contributed by atoms with van der Waals surface area (Å²) in [5.74, 6) is 1.55. The van der Waals surface area contributed by atoms with Crippen LogP contribution in [0.5, 0.6) is 5.75 Å². The number of anilines is 1. The predicted octanol–water partition coefficient (Wildman–Crippen LogP) is 2.20. The number of nitriles is 1. The number of hydrogen-bond acceptors (Lipinski definition) is 6. The van der Waals surface area contributed by atoms with Crippen LogP contribution in [0, 0.1) is 11.3 Å². The zero-order valence-corrected chi connectivity index (χ0v) is 14.0. The van der Waals surface area contributed by atoms with E-state index in [1.807, 2.05) is 30.3 Å². The molecule has 1 fully saturated rings. The molecule has 2 aromatic rings. The Bertz CT molecular complexity index is 708. The van der Waals surface area contributed by atoms with Crippen molar-refractivity contribution < 1.29 is 4.74 Å². The van der Waals surface area contributed by atoms with Crippen LogP contribution < -0.4 is 9.64 Å². The quantitative estimate of drug-likeness (QED) is 0.829. The first-order valence-corrected chi connectivity index (χ1v) is 8.21. The molecule has 3 rings (SSSR count). The van der Waals surface area contributed by atoms with Crippen molar-refractivity contribution in [1.82, 2.24) is 14.9 Å². The van der Waals surface area contributed by atoms with Crippen molar-refractivity contribution in [2.24, 2.45) is 0 Å². The van der Waals surface area contributed by atoms with E-state index in [2.05, 4.69) is 19.8 Å². The molecule has 0 atom stereocenters. The summed E-state index contributed by atoms with van der Waals surface area (Å²) in [7, 11) is 0. The number of aromatic nitrogens is 2. The number of rotatable bonds is 5. The second-order valence-electron chi connectivity index (χ2n) is 5.48. The third-order valence-corrected chi connectivity index (χ3v) is 4.26. The average Bonchev–Trinajstić information content (AvgIpc) is 2.64. The van der Waals surface area contributed by atoms with E-state index in [9.17, 15) is 0 Å². The molecule has 0 N–H and O–H groups in total. The van der Waals surface area contributed by atoms with Crippen LogP contribution in [0.25, 0.3) is 0 Å². The van der Waals surface area contributed by atoms with Gasteiger partial charge in [0.05, 0.1) is 17.4 Å². The van der Waals surface area contributed by atoms with Gasteiger partial charge in [-0.15, -0.1) is 0 Å². The number of ether oxygens (including phenoxy) is 1. The van der Waals surface area contributed by atoms with E-state index in [1.54, 1.807) is 6.20 Å². The molecule has 1 aliphatic rings. The number of benzene rings is 1. The van der Waals surface area contributed by atoms with E-state index in [0.29, 0.717) is 17.3 Å². The monoisotopic (exact) mass is 343 g/mol. The minimum atomic E-state index is 0.342. The van der Waals surface area contributed by atoms with Gasteiger partial charge in [-0.1, -0.05) is 23.7 Å². The fraction of sp³-hybridized carbons (Fsp3) is 0.353. The zero-order chi connectivity index (χ0) is 16.8. The number of hydrogen-bond donors (Lipinski definition) is 0. The highest BCUT2D eigenvalue weighted by Crippen LogP contribution is 2.23. The van der Waals surface area contributed by atoms with Gasteiger partial charge in [-0.2, -0.15) is 5.26 Å². The number of nitrogens with zero attached hydrogens (tertiary/aromatic N) is 5. The van der Waals surface area contributed by atoms with E-state index in [-0.39, 0.29) is 0 Å². The summed E-state index contributed by atoms with van der Waals surface area (Å²) in [6, 6.07) is 9.49. The van der Waals surface area contributed by atoms with Crippen molar-refractivity contribution in [2.45, 2.75) is 0 Å². The predicted molar refractivity (Wildman–Crippen MR) is 92.3 cm³/mol. The molecule has 24 heavy (non-hydrogen) atoms. The molecule has 0 aliphatic carbocycles. The van der Waals surface area contributed by atoms with E-state index in [0.717, 1.165) is 44.3 Å². The molecule has 0 radical (unpaired) electrons. The number of halogens is 1. The molecule has 0 amide bonds. The average molecular weight is 344 g/mol. The summed E-state index contributed by atoms with van der Waals surface area (Å²) in [5.41, 5.74) is 0.342. The smallest absolute Gasteiger partial charge is 0.158 e. The first-order chi connectivity index (χ1) is 11.8. The highest BCUT2D eigenvalue weighted by molar-refractivity contribution is 6.32. The Morgan fingerprint density at radius 2 is 1.92 bits per heavy atom. The second kappa shape index (κ2) is 7.95. The Balaban J connectivity index is 1.43. The van der Waals surface area contributed by atoms with Gasteiger partial charge in [-0.25, -0.2) is 9.97 Å². The van der Waals surface area contributed by atoms with E-state index < -0.39 is 0 Å². The van der Waals surface area contributed by atoms with Crippen molar-refractivity contribution in [2.75, 3.05) is 44.2 Å². The number of para-hydroxylation sites is 1. The Hall–Kier alpha value is -2.36. The lowest BCUT2D eigenvalue weighted by Crippen LogP contribution is -2.47. The molecule has 0 bridgehead atoms. The van der Waals surface area contributed by atoms with Crippen molar-refractivity contribution in [3.63, 3.8) is 0 Å². The number of piperazine rings is 1. The molecule has 1 saturated heterocycles. The highest BCUT2D eigenvalue weighted by Gasteiger charge is 2.18. The summed E-state index contributed by atoms with van der Waals surface area (Å²) < 4.78 is 5.74. The Morgan fingerprint density at radius 1 is 1.12 bits per heavy atom. The van der Waals surface area contributed by atoms with Crippen LogP contribution in [0.15, 0.2) is 36.7 Å². The van der Waals surface area contributed by atoms with Crippen molar-refractivity contribution in [1.29, 1.82) is 5.26 Å². The molecule has 124 valence electrons. The van der Waals surface area contributed by atoms with Gasteiger partial charge in [-0.05, 0) is 12.1 Å². The van der Waals surface area contributed by atoms with Crippen LogP contribution in [0.4, 0.5) is 5.82 Å². The fourth-order valence-corrected chi connectivity index (χ4v) is 2.78. The Labute approximate surface area is 146 Å². The molecule has 0 unspecified atom stereocenters. The summed E-state index contributed by atoms with van der Waals surface area (Å²) in [6.45, 7) is 5.11. The van der Waals surface area contributed by atoms with Crippen molar-refractivity contribution in [3.05, 3.63) is 47.4 Å². The lowest BCUT2D eigenvalue weighted by atomic mass is 10.3. The van der Waals surface area contributed by atoms with E-state index >= 15 is 0 Å². The first-order valence-electron chi connectivity index (χ1n) is 7.83. The maximum Gasteiger partial charge on any atom is 0.158 e. The third-order valence-electron chi connectivity index (χ3n) is 3.95. The Morgan fingerprint density at radius 3 is 2.58 bits per heavy atom. The van der Waals surface area contributed by atoms with Gasteiger partial charge >= 0.3 is 0 Å². The molecule has 1 aliphatic heterocycles. The zero-order valence-electron chi connectivity index (χ0n) is 13.2. The summed E-state index contributed by atoms with van der Waals surface area (Å²) in [4.78, 5) is 12.9. The van der Waals surface area contributed by atoms with Crippen molar-refractivity contribution in [3.8, 4) is 11.8 Å². The maximum absolute atomic E-state index is 8.76. The lowest BCUT2D eigenvalue weighted by molar-refractivity contribution is 0.200. The SMILES string of the molecule is N#Cc1cnc(N2CCN(CCOc3ccccc3Cl)CC2)cn1. The molecule has 0 saturated carbocycles. The van der Waals surface area contributed by atoms with Crippen LogP contribution in [-0.4, -0.2) is 54.2 Å². The minimum absolute atomic E-state index is 0.342. The molecule has 1 aromatic carbocycles. The van der Waals surface area contributed by atoms with E-state index in [4.69, 9.17) is 21.6 Å². The van der Waals surface area contributed by atoms with Crippen molar-refractivity contribution >= 4 is 17.4 Å². The first kappa shape index (κ1) is 16.5. The molecular formula is C17H18ClN5O. The van der Waals surface area contributed by atoms with Gasteiger partial charge in [0, 0.05) is 32.7 Å². The van der Waals surface area contributed by atoms with Gasteiger partial charge in [0.15, 0.2) is 5.69 Å². The normalized spacial score (nSPS) is 15.1. The highest BCUT2D eigenvalue weighted by atomic mass is 35.5. The summed E-state index contributed by atoms with van der Waals surface area (Å²) in [6.07, 6.45) is 3.17. The van der Waals surface area contributed by atoms with Gasteiger partial charge in [0.2, 0.25) is 0 Å². The largest absolute Gasteiger partial charge is 0.491 e. The van der Waals surface area contributed by atoms with Crippen LogP contribution in [0.3, 0.4) is 0 Å². The third kappa shape index (κ3) is 4.13. The minimum Gasteiger partial charge on any atom is -0.491 e. The summed E-state index contributed by atoms with van der Waals surface area (Å²) >= 11 is 6.08. The molecule has 1 aromatic heterocycles. The van der Waals surface area contributed by atoms with Crippen LogP contribution in [0.1, 0.15) is 5.69 Å². The Kier molecular flexibility index (Phi) is 5.47. The molecule has 2 heterocycles. The van der Waals surface area contributed by atoms with Gasteiger partial charge < -0.3 is 9.64 Å². The molecule has 6 nitrogen and oxygen atoms in total. The molecule has 7 heteroatoms. The maximum atomic E-state index is 8.76. The van der Waals surface area contributed by atoms with Gasteiger partial charge in [0.25, 0.3) is 0 Å². The van der Waals surface area contributed by atoms with Gasteiger partial charge in [-0.3, -0.25) is 4.90 Å². The standard InChI is InChI=1S/C17H18ClN5O/c18-15-3-1-2-4-16(15)24-10-9-22-5-7-23(8-6-22)17-13-20-14(11-19)12-21-17/h1-4,12-13H,5-10H2. The van der Waals surface area contributed by atoms with Crippen LogP contribution in [-0.2, 0) is 0 Å². The van der Waals surface area contributed by atoms with E-state index in [1.165, 1.54) is 6.20 Å². The van der Waals surface area contributed by atoms with Crippen LogP contribution >= 0.6 is 11.6 Å². The second-order valence-corrected chi connectivity index (χ2v) is 5.89. The lowest BCUT2D eigenvalue weighted by Gasteiger charge is -2.35. The summed E-state index contributed by atoms with van der Waals surface area (Å²) in [5, 5.41) is 9.40. The van der Waals surface area contributed by atoms with Crippen LogP contribution in [0.2, 0.25) is 5.02 Å². The molecular weight excluding hydrogens is 326 g/mol. The fourth-order valence-electron chi connectivity index (χ4n) is 2.59.